The molecule has 51 heavy (non-hydrogen) atoms. The summed E-state index contributed by atoms with van der Waals surface area (Å²) in [6, 6.07) is -3.19. The molecular weight excluding hydrogens is 762 g/mol. The molecule has 0 aromatic heterocycles. The molecule has 3 N–H and O–H groups in total. The predicted molar refractivity (Wildman–Crippen MR) is 168 cm³/mol. The van der Waals surface area contributed by atoms with Crippen molar-refractivity contribution in [3.63, 3.8) is 0 Å². The molecule has 0 radical (unpaired) electrons. The van der Waals surface area contributed by atoms with Gasteiger partial charge in [-0.25, -0.2) is 25.3 Å². The van der Waals surface area contributed by atoms with E-state index in [0.717, 1.165) is 25.7 Å². The van der Waals surface area contributed by atoms with Crippen molar-refractivity contribution in [1.29, 1.82) is 0 Å². The Bertz CT molecular complexity index is 1570. The summed E-state index contributed by atoms with van der Waals surface area (Å²) in [5.41, 5.74) is 6.00. The van der Waals surface area contributed by atoms with E-state index in [1.807, 2.05) is 0 Å². The molecule has 0 amide bonds. The first-order valence-corrected chi connectivity index (χ1v) is 21.0. The van der Waals surface area contributed by atoms with Gasteiger partial charge < -0.3 is 29.2 Å². The van der Waals surface area contributed by atoms with Crippen molar-refractivity contribution < 1.29 is 137 Å². The van der Waals surface area contributed by atoms with E-state index in [2.05, 4.69) is 20.3 Å². The van der Waals surface area contributed by atoms with Crippen LogP contribution in [0.15, 0.2) is 25.4 Å². The Hall–Kier alpha value is 1.32. The molecule has 23 heteroatoms. The van der Waals surface area contributed by atoms with E-state index < -0.39 is 88.1 Å². The van der Waals surface area contributed by atoms with Gasteiger partial charge >= 0.3 is 88.7 Å². The minimum atomic E-state index is -5.05. The number of hydrogen-bond acceptors (Lipinski definition) is 17. The van der Waals surface area contributed by atoms with Crippen LogP contribution in [0.5, 0.6) is 0 Å². The quantitative estimate of drug-likeness (QED) is 0.0723. The summed E-state index contributed by atoms with van der Waals surface area (Å²) in [7, 11) is -12.9. The SMILES string of the molecule is COC=NC1CCC(N=NC2CCC(N=NC3C(O)C4CC(N)C(S(=O)(=O)[O-])CC4CC3S(=O)(=O)[O-])C3CC(S(=O)(=O)[O-])CCC23)CC1.[Na+].[Na+].[Na+]. The number of azo groups is 2. The van der Waals surface area contributed by atoms with Crippen LogP contribution < -0.4 is 94.4 Å². The van der Waals surface area contributed by atoms with E-state index in [9.17, 15) is 44.0 Å². The van der Waals surface area contributed by atoms with Gasteiger partial charge in [-0.3, -0.25) is 4.99 Å². The zero-order valence-corrected chi connectivity index (χ0v) is 38.2. The molecule has 12 unspecified atom stereocenters. The van der Waals surface area contributed by atoms with Crippen LogP contribution in [0.3, 0.4) is 0 Å². The van der Waals surface area contributed by atoms with E-state index in [0.29, 0.717) is 19.3 Å². The Morgan fingerprint density at radius 3 is 1.76 bits per heavy atom. The molecule has 5 fully saturated rings. The second-order valence-corrected chi connectivity index (χ2v) is 19.1. The molecular formula is C28H45N6Na3O11S3. The van der Waals surface area contributed by atoms with Gasteiger partial charge in [0, 0.05) is 11.3 Å². The van der Waals surface area contributed by atoms with Gasteiger partial charge in [-0.1, -0.05) is 0 Å². The van der Waals surface area contributed by atoms with Crippen molar-refractivity contribution in [2.24, 2.45) is 54.9 Å². The van der Waals surface area contributed by atoms with Crippen molar-refractivity contribution in [2.45, 2.75) is 135 Å². The molecule has 0 aromatic carbocycles. The fourth-order valence-electron chi connectivity index (χ4n) is 8.91. The standard InChI is InChI=1S/C28H48N6O11S3.3Na/c1-45-14-30-16-2-4-17(5-3-16)31-32-23-8-9-24(21-12-18(46(36,37)38)6-7-19(21)23)33-34-27-26(48(42,43)44)11-15-10-25(47(39,40)41)22(29)13-20(15)28(27)35;;;/h14-28,35H,2-13,29H2,1H3,(H,36,37,38)(H,39,40,41)(H,42,43,44);;;/q;3*+1/p-3. The van der Waals surface area contributed by atoms with Crippen molar-refractivity contribution in [2.75, 3.05) is 7.11 Å². The number of aliphatic hydroxyl groups is 1. The summed E-state index contributed by atoms with van der Waals surface area (Å²) >= 11 is 0. The van der Waals surface area contributed by atoms with E-state index in [1.54, 1.807) is 7.11 Å². The van der Waals surface area contributed by atoms with Gasteiger partial charge in [-0.05, 0) is 101 Å². The summed E-state index contributed by atoms with van der Waals surface area (Å²) in [6.45, 7) is 0. The zero-order chi connectivity index (χ0) is 35.0. The topological polar surface area (TPSA) is 289 Å². The number of hydrogen-bond donors (Lipinski definition) is 2. The van der Waals surface area contributed by atoms with E-state index in [-0.39, 0.29) is 145 Å². The van der Waals surface area contributed by atoms with Crippen LogP contribution >= 0.6 is 0 Å². The first kappa shape index (κ1) is 48.5. The molecule has 5 saturated carbocycles. The van der Waals surface area contributed by atoms with Crippen molar-refractivity contribution in [3.8, 4) is 0 Å². The number of nitrogens with two attached hydrogens (primary N) is 1. The third-order valence-corrected chi connectivity index (χ3v) is 15.2. The van der Waals surface area contributed by atoms with Gasteiger partial charge in [-0.15, -0.1) is 0 Å². The Morgan fingerprint density at radius 2 is 1.20 bits per heavy atom. The number of rotatable bonds is 9. The van der Waals surface area contributed by atoms with Gasteiger partial charge in [0.15, 0.2) is 6.40 Å². The summed E-state index contributed by atoms with van der Waals surface area (Å²) in [4.78, 5) is 4.37. The zero-order valence-electron chi connectivity index (χ0n) is 29.7. The maximum atomic E-state index is 12.4. The number of aliphatic hydroxyl groups excluding tert-OH is 1. The molecule has 17 nitrogen and oxygen atoms in total. The maximum Gasteiger partial charge on any atom is 1.00 e. The first-order valence-electron chi connectivity index (χ1n) is 16.6. The minimum Gasteiger partial charge on any atom is -0.748 e. The third-order valence-electron chi connectivity index (χ3n) is 11.4. The van der Waals surface area contributed by atoms with Crippen LogP contribution in [-0.2, 0) is 35.1 Å². The molecule has 274 valence electrons. The van der Waals surface area contributed by atoms with Crippen molar-refractivity contribution in [3.05, 3.63) is 0 Å². The maximum absolute atomic E-state index is 12.4. The second-order valence-electron chi connectivity index (χ2n) is 14.2. The molecule has 0 saturated heterocycles. The summed E-state index contributed by atoms with van der Waals surface area (Å²) < 4.78 is 114. The fraction of sp³-hybridized carbons (Fsp3) is 0.964. The Kier molecular flexibility index (Phi) is 19.1. The van der Waals surface area contributed by atoms with Crippen LogP contribution in [0, 0.1) is 23.7 Å². The minimum absolute atomic E-state index is 0. The fourth-order valence-corrected chi connectivity index (χ4v) is 11.9. The van der Waals surface area contributed by atoms with Gasteiger partial charge in [0.05, 0.1) is 78.2 Å². The Labute approximate surface area is 367 Å². The molecule has 5 aliphatic carbocycles. The molecule has 5 rings (SSSR count). The van der Waals surface area contributed by atoms with Crippen molar-refractivity contribution >= 4 is 36.8 Å². The normalized spacial score (nSPS) is 40.7. The first-order chi connectivity index (χ1) is 22.5. The van der Waals surface area contributed by atoms with E-state index >= 15 is 0 Å². The third kappa shape index (κ3) is 12.2. The van der Waals surface area contributed by atoms with Gasteiger partial charge in [0.2, 0.25) is 0 Å². The molecule has 5 aliphatic rings. The number of ether oxygens (including phenoxy) is 1. The molecule has 0 heterocycles. The van der Waals surface area contributed by atoms with Gasteiger partial charge in [-0.2, -0.15) is 20.5 Å². The Balaban J connectivity index is 0.00000300. The van der Waals surface area contributed by atoms with Gasteiger partial charge in [0.25, 0.3) is 0 Å². The van der Waals surface area contributed by atoms with Crippen molar-refractivity contribution in [1.82, 2.24) is 0 Å². The largest absolute Gasteiger partial charge is 1.00 e. The number of methoxy groups -OCH3 is 1. The monoisotopic (exact) mass is 806 g/mol. The van der Waals surface area contributed by atoms with Gasteiger partial charge in [0.1, 0.15) is 6.04 Å². The average molecular weight is 807 g/mol. The molecule has 0 aliphatic heterocycles. The van der Waals surface area contributed by atoms with E-state index in [1.165, 1.54) is 6.40 Å². The average Bonchev–Trinajstić information content (AvgIpc) is 3.01. The number of nitrogens with zero attached hydrogens (tertiary/aromatic N) is 5. The van der Waals surface area contributed by atoms with Crippen LogP contribution in [0.2, 0.25) is 0 Å². The number of fused-ring (bicyclic) bond motifs is 2. The Morgan fingerprint density at radius 1 is 0.647 bits per heavy atom. The molecule has 0 bridgehead atoms. The molecule has 0 spiro atoms. The van der Waals surface area contributed by atoms with Crippen LogP contribution in [0.25, 0.3) is 0 Å². The summed E-state index contributed by atoms with van der Waals surface area (Å²) in [6.07, 6.45) is 4.13. The van der Waals surface area contributed by atoms with E-state index in [4.69, 9.17) is 15.6 Å². The van der Waals surface area contributed by atoms with Crippen LogP contribution in [0.1, 0.15) is 77.0 Å². The van der Waals surface area contributed by atoms with Crippen LogP contribution in [0.4, 0.5) is 0 Å². The second kappa shape index (κ2) is 20.1. The number of aliphatic imine (C=N–C) groups is 1. The summed E-state index contributed by atoms with van der Waals surface area (Å²) in [5.74, 6) is -2.06. The smallest absolute Gasteiger partial charge is 0.748 e. The molecule has 12 atom stereocenters. The summed E-state index contributed by atoms with van der Waals surface area (Å²) in [5, 5.41) is 25.0. The molecule has 0 aromatic rings. The predicted octanol–water partition coefficient (Wildman–Crippen LogP) is -7.94. The van der Waals surface area contributed by atoms with Crippen LogP contribution in [-0.4, -0.2) is 116 Å².